The van der Waals surface area contributed by atoms with Crippen LogP contribution in [0.2, 0.25) is 5.02 Å². The highest BCUT2D eigenvalue weighted by atomic mass is 79.9. The quantitative estimate of drug-likeness (QED) is 0.832. The number of rotatable bonds is 1. The van der Waals surface area contributed by atoms with E-state index < -0.39 is 0 Å². The van der Waals surface area contributed by atoms with Crippen molar-refractivity contribution in [2.45, 2.75) is 13.0 Å². The molecule has 74 valence electrons. The lowest BCUT2D eigenvalue weighted by atomic mass is 10.1. The number of hydrogen-bond donors (Lipinski definition) is 2. The summed E-state index contributed by atoms with van der Waals surface area (Å²) >= 11 is 8.99. The summed E-state index contributed by atoms with van der Waals surface area (Å²) in [5.74, 6) is 0.0565. The maximum Gasteiger partial charge on any atom is 0.140 e. The molecule has 0 spiro atoms. The molecule has 1 atom stereocenters. The summed E-state index contributed by atoms with van der Waals surface area (Å²) in [6.45, 7) is 1.79. The van der Waals surface area contributed by atoms with Gasteiger partial charge >= 0.3 is 0 Å². The fourth-order valence-electron chi connectivity index (χ4n) is 0.990. The van der Waals surface area contributed by atoms with Gasteiger partial charge in [-0.15, -0.1) is 12.4 Å². The average molecular weight is 287 g/mol. The van der Waals surface area contributed by atoms with Gasteiger partial charge in [0.2, 0.25) is 0 Å². The van der Waals surface area contributed by atoms with Gasteiger partial charge in [-0.05, 0) is 19.1 Å². The number of phenolic OH excluding ortho intramolecular Hbond substituents is 1. The van der Waals surface area contributed by atoms with E-state index in [0.717, 1.165) is 4.47 Å². The van der Waals surface area contributed by atoms with Gasteiger partial charge in [0.15, 0.2) is 0 Å². The molecule has 0 aliphatic carbocycles. The van der Waals surface area contributed by atoms with Crippen molar-refractivity contribution in [2.75, 3.05) is 0 Å². The van der Waals surface area contributed by atoms with E-state index >= 15 is 0 Å². The van der Waals surface area contributed by atoms with Crippen LogP contribution in [0.1, 0.15) is 18.5 Å². The monoisotopic (exact) mass is 285 g/mol. The van der Waals surface area contributed by atoms with Crippen LogP contribution in [0.5, 0.6) is 5.75 Å². The number of hydrogen-bond acceptors (Lipinski definition) is 2. The molecule has 0 bridgehead atoms. The molecule has 0 saturated carbocycles. The number of phenols is 1. The van der Waals surface area contributed by atoms with Crippen molar-refractivity contribution in [1.29, 1.82) is 0 Å². The van der Waals surface area contributed by atoms with Crippen LogP contribution in [0.4, 0.5) is 0 Å². The zero-order chi connectivity index (χ0) is 9.30. The molecule has 0 saturated heterocycles. The predicted molar refractivity (Wildman–Crippen MR) is 60.7 cm³/mol. The van der Waals surface area contributed by atoms with Crippen LogP contribution in [0.3, 0.4) is 0 Å². The molecule has 0 aromatic heterocycles. The molecule has 1 aromatic rings. The number of nitrogens with two attached hydrogens (primary N) is 1. The van der Waals surface area contributed by atoms with E-state index in [-0.39, 0.29) is 24.2 Å². The van der Waals surface area contributed by atoms with E-state index in [1.165, 1.54) is 0 Å². The maximum atomic E-state index is 9.51. The summed E-state index contributed by atoms with van der Waals surface area (Å²) in [5, 5.41) is 9.83. The zero-order valence-corrected chi connectivity index (χ0v) is 10.1. The van der Waals surface area contributed by atoms with Gasteiger partial charge in [-0.2, -0.15) is 0 Å². The second-order valence-corrected chi connectivity index (χ2v) is 3.84. The second-order valence-electron chi connectivity index (χ2n) is 2.58. The van der Waals surface area contributed by atoms with E-state index in [4.69, 9.17) is 17.3 Å². The molecule has 0 aliphatic heterocycles. The van der Waals surface area contributed by atoms with Gasteiger partial charge in [-0.1, -0.05) is 27.5 Å². The molecular weight excluding hydrogens is 277 g/mol. The van der Waals surface area contributed by atoms with E-state index in [0.29, 0.717) is 10.6 Å². The summed E-state index contributed by atoms with van der Waals surface area (Å²) in [6, 6.07) is 3.14. The first-order chi connectivity index (χ1) is 5.54. The average Bonchev–Trinajstić information content (AvgIpc) is 1.97. The third-order valence-corrected chi connectivity index (χ3v) is 2.57. The highest BCUT2D eigenvalue weighted by Gasteiger charge is 2.12. The second kappa shape index (κ2) is 5.05. The van der Waals surface area contributed by atoms with Crippen molar-refractivity contribution in [1.82, 2.24) is 0 Å². The van der Waals surface area contributed by atoms with Crippen LogP contribution < -0.4 is 5.73 Å². The number of benzene rings is 1. The Bertz CT molecular complexity index is 304. The topological polar surface area (TPSA) is 46.2 Å². The lowest BCUT2D eigenvalue weighted by molar-refractivity contribution is 0.463. The fourth-order valence-corrected chi connectivity index (χ4v) is 1.84. The Labute approximate surface area is 96.6 Å². The first-order valence-corrected chi connectivity index (χ1v) is 4.63. The first-order valence-electron chi connectivity index (χ1n) is 3.46. The van der Waals surface area contributed by atoms with E-state index in [1.54, 1.807) is 19.1 Å². The Hall–Kier alpha value is 0.0400. The van der Waals surface area contributed by atoms with Gasteiger partial charge in [-0.25, -0.2) is 0 Å². The lowest BCUT2D eigenvalue weighted by Crippen LogP contribution is -2.06. The van der Waals surface area contributed by atoms with Crippen LogP contribution in [0.25, 0.3) is 0 Å². The van der Waals surface area contributed by atoms with Crippen molar-refractivity contribution in [3.05, 3.63) is 27.2 Å². The first kappa shape index (κ1) is 13.0. The Morgan fingerprint density at radius 1 is 1.54 bits per heavy atom. The number of halogens is 3. The summed E-state index contributed by atoms with van der Waals surface area (Å²) < 4.78 is 0.777. The Morgan fingerprint density at radius 3 is 2.46 bits per heavy atom. The molecule has 0 heterocycles. The van der Waals surface area contributed by atoms with Gasteiger partial charge in [0.05, 0.1) is 5.02 Å². The van der Waals surface area contributed by atoms with Crippen molar-refractivity contribution >= 4 is 39.9 Å². The zero-order valence-electron chi connectivity index (χ0n) is 6.92. The molecule has 0 fully saturated rings. The standard InChI is InChI=1S/C8H9BrClNO.ClH/c1-4(11)7-5(9)2-3-6(10)8(7)12;/h2-4,12H,11H2,1H3;1H/t4-;/m0./s1. The summed E-state index contributed by atoms with van der Waals surface area (Å²) in [7, 11) is 0. The van der Waals surface area contributed by atoms with E-state index in [1.807, 2.05) is 0 Å². The SMILES string of the molecule is C[C@H](N)c1c(Br)ccc(Cl)c1O.Cl. The normalized spacial score (nSPS) is 12.0. The largest absolute Gasteiger partial charge is 0.506 e. The van der Waals surface area contributed by atoms with E-state index in [9.17, 15) is 5.11 Å². The molecule has 0 radical (unpaired) electrons. The Balaban J connectivity index is 0.00000144. The Morgan fingerprint density at radius 2 is 2.08 bits per heavy atom. The summed E-state index contributed by atoms with van der Waals surface area (Å²) in [5.41, 5.74) is 6.28. The molecule has 1 rings (SSSR count). The third kappa shape index (κ3) is 2.74. The molecule has 1 aromatic carbocycles. The van der Waals surface area contributed by atoms with Crippen molar-refractivity contribution in [3.63, 3.8) is 0 Å². The van der Waals surface area contributed by atoms with Crippen LogP contribution in [-0.4, -0.2) is 5.11 Å². The lowest BCUT2D eigenvalue weighted by Gasteiger charge is -2.11. The van der Waals surface area contributed by atoms with Gasteiger partial charge < -0.3 is 10.8 Å². The van der Waals surface area contributed by atoms with Crippen LogP contribution in [-0.2, 0) is 0 Å². The maximum absolute atomic E-state index is 9.51. The minimum Gasteiger partial charge on any atom is -0.506 e. The van der Waals surface area contributed by atoms with Crippen LogP contribution >= 0.6 is 39.9 Å². The fraction of sp³-hybridized carbons (Fsp3) is 0.250. The van der Waals surface area contributed by atoms with Crippen molar-refractivity contribution < 1.29 is 5.11 Å². The predicted octanol–water partition coefficient (Wildman–Crippen LogP) is 3.25. The van der Waals surface area contributed by atoms with Gasteiger partial charge in [-0.3, -0.25) is 0 Å². The minimum absolute atomic E-state index is 0. The smallest absolute Gasteiger partial charge is 0.140 e. The number of aromatic hydroxyl groups is 1. The summed E-state index contributed by atoms with van der Waals surface area (Å²) in [6.07, 6.45) is 0. The highest BCUT2D eigenvalue weighted by molar-refractivity contribution is 9.10. The van der Waals surface area contributed by atoms with Gasteiger partial charge in [0.25, 0.3) is 0 Å². The van der Waals surface area contributed by atoms with Crippen molar-refractivity contribution in [3.8, 4) is 5.75 Å². The van der Waals surface area contributed by atoms with E-state index in [2.05, 4.69) is 15.9 Å². The molecule has 3 N–H and O–H groups in total. The van der Waals surface area contributed by atoms with Crippen molar-refractivity contribution in [2.24, 2.45) is 5.73 Å². The van der Waals surface area contributed by atoms with Gasteiger partial charge in [0, 0.05) is 16.1 Å². The third-order valence-electron chi connectivity index (χ3n) is 1.57. The highest BCUT2D eigenvalue weighted by Crippen LogP contribution is 2.35. The van der Waals surface area contributed by atoms with Crippen LogP contribution in [0.15, 0.2) is 16.6 Å². The molecular formula is C8H10BrCl2NO. The molecule has 13 heavy (non-hydrogen) atoms. The molecule has 0 amide bonds. The minimum atomic E-state index is -0.238. The molecule has 0 unspecified atom stereocenters. The van der Waals surface area contributed by atoms with Gasteiger partial charge in [0.1, 0.15) is 5.75 Å². The Kier molecular flexibility index (Phi) is 5.07. The summed E-state index contributed by atoms with van der Waals surface area (Å²) in [4.78, 5) is 0. The molecule has 2 nitrogen and oxygen atoms in total. The van der Waals surface area contributed by atoms with Crippen LogP contribution in [0, 0.1) is 0 Å². The molecule has 5 heteroatoms. The molecule has 0 aliphatic rings.